The van der Waals surface area contributed by atoms with Gasteiger partial charge in [-0.2, -0.15) is 9.40 Å². The third-order valence-corrected chi connectivity index (χ3v) is 7.21. The van der Waals surface area contributed by atoms with E-state index >= 15 is 0 Å². The van der Waals surface area contributed by atoms with Crippen molar-refractivity contribution in [1.82, 2.24) is 19.0 Å². The maximum absolute atomic E-state index is 13.0. The number of sulfonamides is 1. The molecular formula is C18H23ClN4O5S. The Morgan fingerprint density at radius 3 is 2.24 bits per heavy atom. The molecule has 1 aromatic heterocycles. The van der Waals surface area contributed by atoms with Gasteiger partial charge in [0.15, 0.2) is 11.5 Å². The molecule has 0 atom stereocenters. The molecule has 9 nitrogen and oxygen atoms in total. The second kappa shape index (κ2) is 8.21. The molecule has 2 aromatic rings. The number of rotatable bonds is 5. The van der Waals surface area contributed by atoms with Gasteiger partial charge in [-0.1, -0.05) is 11.6 Å². The highest BCUT2D eigenvalue weighted by atomic mass is 35.5. The van der Waals surface area contributed by atoms with Crippen molar-refractivity contribution in [3.05, 3.63) is 34.6 Å². The van der Waals surface area contributed by atoms with Gasteiger partial charge >= 0.3 is 0 Å². The number of halogens is 1. The van der Waals surface area contributed by atoms with Gasteiger partial charge in [0.1, 0.15) is 5.15 Å². The zero-order valence-electron chi connectivity index (χ0n) is 16.7. The smallest absolute Gasteiger partial charge is 0.258 e. The molecule has 1 aliphatic heterocycles. The number of aromatic nitrogens is 2. The largest absolute Gasteiger partial charge is 0.493 e. The zero-order chi connectivity index (χ0) is 21.3. The standard InChI is InChI=1S/C18H23ClN4O5S/c1-12-16(17(19)21(2)20-12)18(24)22-7-9-23(10-8-22)29(25,26)13-5-6-14(27-3)15(11-13)28-4/h5-6,11H,7-10H2,1-4H3. The molecule has 0 N–H and O–H groups in total. The van der Waals surface area contributed by atoms with Crippen LogP contribution in [0, 0.1) is 6.92 Å². The molecule has 0 bridgehead atoms. The third kappa shape index (κ3) is 3.92. The molecule has 0 radical (unpaired) electrons. The van der Waals surface area contributed by atoms with Gasteiger partial charge in [-0.25, -0.2) is 8.42 Å². The zero-order valence-corrected chi connectivity index (χ0v) is 18.2. The van der Waals surface area contributed by atoms with Crippen LogP contribution in [0.5, 0.6) is 11.5 Å². The average molecular weight is 443 g/mol. The van der Waals surface area contributed by atoms with Crippen molar-refractivity contribution in [3.63, 3.8) is 0 Å². The van der Waals surface area contributed by atoms with E-state index in [-0.39, 0.29) is 42.1 Å². The van der Waals surface area contributed by atoms with Crippen LogP contribution >= 0.6 is 11.6 Å². The van der Waals surface area contributed by atoms with Gasteiger partial charge in [0, 0.05) is 39.3 Å². The van der Waals surface area contributed by atoms with Crippen LogP contribution in [0.25, 0.3) is 0 Å². The van der Waals surface area contributed by atoms with Gasteiger partial charge in [0.2, 0.25) is 10.0 Å². The van der Waals surface area contributed by atoms with E-state index in [1.807, 2.05) is 0 Å². The average Bonchev–Trinajstić information content (AvgIpc) is 2.98. The molecule has 1 aromatic carbocycles. The third-order valence-electron chi connectivity index (χ3n) is 4.88. The fourth-order valence-electron chi connectivity index (χ4n) is 3.29. The lowest BCUT2D eigenvalue weighted by atomic mass is 10.2. The summed E-state index contributed by atoms with van der Waals surface area (Å²) in [7, 11) is 0.871. The lowest BCUT2D eigenvalue weighted by Gasteiger charge is -2.34. The number of carbonyl (C=O) groups excluding carboxylic acids is 1. The van der Waals surface area contributed by atoms with Gasteiger partial charge in [-0.05, 0) is 19.1 Å². The van der Waals surface area contributed by atoms with Gasteiger partial charge < -0.3 is 14.4 Å². The number of amides is 1. The number of carbonyl (C=O) groups is 1. The van der Waals surface area contributed by atoms with Crippen molar-refractivity contribution < 1.29 is 22.7 Å². The molecule has 3 rings (SSSR count). The second-order valence-electron chi connectivity index (χ2n) is 6.59. The number of hydrogen-bond donors (Lipinski definition) is 0. The van der Waals surface area contributed by atoms with Crippen LogP contribution in [0.3, 0.4) is 0 Å². The number of ether oxygens (including phenoxy) is 2. The maximum atomic E-state index is 13.0. The Bertz CT molecular complexity index is 1030. The van der Waals surface area contributed by atoms with Crippen LogP contribution in [0.1, 0.15) is 16.1 Å². The van der Waals surface area contributed by atoms with Crippen LogP contribution < -0.4 is 9.47 Å². The molecule has 158 valence electrons. The van der Waals surface area contributed by atoms with E-state index < -0.39 is 10.0 Å². The summed E-state index contributed by atoms with van der Waals surface area (Å²) in [4.78, 5) is 14.5. The van der Waals surface area contributed by atoms with E-state index in [0.29, 0.717) is 22.8 Å². The van der Waals surface area contributed by atoms with E-state index in [9.17, 15) is 13.2 Å². The topological polar surface area (TPSA) is 94.0 Å². The molecule has 29 heavy (non-hydrogen) atoms. The molecule has 1 fully saturated rings. The molecule has 2 heterocycles. The van der Waals surface area contributed by atoms with Crippen LogP contribution in [-0.4, -0.2) is 73.7 Å². The van der Waals surface area contributed by atoms with Gasteiger partial charge in [0.25, 0.3) is 5.91 Å². The molecular weight excluding hydrogens is 420 g/mol. The summed E-state index contributed by atoms with van der Waals surface area (Å²) in [6, 6.07) is 4.47. The van der Waals surface area contributed by atoms with Crippen molar-refractivity contribution in [2.75, 3.05) is 40.4 Å². The number of methoxy groups -OCH3 is 2. The van der Waals surface area contributed by atoms with E-state index in [2.05, 4.69) is 5.10 Å². The Morgan fingerprint density at radius 1 is 1.10 bits per heavy atom. The predicted molar refractivity (Wildman–Crippen MR) is 107 cm³/mol. The lowest BCUT2D eigenvalue weighted by molar-refractivity contribution is 0.0697. The number of nitrogens with zero attached hydrogens (tertiary/aromatic N) is 4. The fourth-order valence-corrected chi connectivity index (χ4v) is 4.98. The van der Waals surface area contributed by atoms with E-state index in [4.69, 9.17) is 21.1 Å². The summed E-state index contributed by atoms with van der Waals surface area (Å²) in [6.07, 6.45) is 0. The van der Waals surface area contributed by atoms with Crippen LogP contribution in [0.2, 0.25) is 5.15 Å². The second-order valence-corrected chi connectivity index (χ2v) is 8.88. The quantitative estimate of drug-likeness (QED) is 0.697. The first kappa shape index (κ1) is 21.4. The minimum absolute atomic E-state index is 0.112. The van der Waals surface area contributed by atoms with Gasteiger partial charge in [-0.15, -0.1) is 0 Å². The van der Waals surface area contributed by atoms with Crippen molar-refractivity contribution in [2.24, 2.45) is 7.05 Å². The molecule has 1 saturated heterocycles. The fraction of sp³-hybridized carbons (Fsp3) is 0.444. The first-order chi connectivity index (χ1) is 13.7. The van der Waals surface area contributed by atoms with Gasteiger partial charge in [-0.3, -0.25) is 9.48 Å². The summed E-state index contributed by atoms with van der Waals surface area (Å²) < 4.78 is 39.2. The van der Waals surface area contributed by atoms with Crippen molar-refractivity contribution in [1.29, 1.82) is 0 Å². The number of piperazine rings is 1. The Hall–Kier alpha value is -2.30. The number of benzene rings is 1. The Balaban J connectivity index is 1.75. The Morgan fingerprint density at radius 2 is 1.72 bits per heavy atom. The molecule has 0 saturated carbocycles. The van der Waals surface area contributed by atoms with E-state index in [0.717, 1.165) is 0 Å². The summed E-state index contributed by atoms with van der Waals surface area (Å²) >= 11 is 6.19. The van der Waals surface area contributed by atoms with Crippen LogP contribution in [-0.2, 0) is 17.1 Å². The van der Waals surface area contributed by atoms with Crippen molar-refractivity contribution in [2.45, 2.75) is 11.8 Å². The predicted octanol–water partition coefficient (Wildman–Crippen LogP) is 1.55. The summed E-state index contributed by atoms with van der Waals surface area (Å²) in [5, 5.41) is 4.43. The summed E-state index contributed by atoms with van der Waals surface area (Å²) in [6.45, 7) is 2.60. The highest BCUT2D eigenvalue weighted by molar-refractivity contribution is 7.89. The van der Waals surface area contributed by atoms with Crippen LogP contribution in [0.4, 0.5) is 0 Å². The molecule has 0 aliphatic carbocycles. The minimum Gasteiger partial charge on any atom is -0.493 e. The molecule has 1 aliphatic rings. The molecule has 11 heteroatoms. The SMILES string of the molecule is COc1ccc(S(=O)(=O)N2CCN(C(=O)c3c(C)nn(C)c3Cl)CC2)cc1OC. The first-order valence-corrected chi connectivity index (χ1v) is 10.7. The van der Waals surface area contributed by atoms with Crippen LogP contribution in [0.15, 0.2) is 23.1 Å². The van der Waals surface area contributed by atoms with Gasteiger partial charge in [0.05, 0.1) is 30.4 Å². The first-order valence-electron chi connectivity index (χ1n) is 8.91. The van der Waals surface area contributed by atoms with Crippen molar-refractivity contribution >= 4 is 27.5 Å². The lowest BCUT2D eigenvalue weighted by Crippen LogP contribution is -2.50. The minimum atomic E-state index is -3.73. The highest BCUT2D eigenvalue weighted by Crippen LogP contribution is 2.31. The summed E-state index contributed by atoms with van der Waals surface area (Å²) in [5.74, 6) is 0.540. The normalized spacial score (nSPS) is 15.4. The van der Waals surface area contributed by atoms with E-state index in [1.165, 1.54) is 35.3 Å². The molecule has 0 unspecified atom stereocenters. The Labute approximate surface area is 174 Å². The number of aryl methyl sites for hydroxylation is 2. The summed E-state index contributed by atoms with van der Waals surface area (Å²) in [5.41, 5.74) is 0.897. The van der Waals surface area contributed by atoms with Crippen molar-refractivity contribution in [3.8, 4) is 11.5 Å². The maximum Gasteiger partial charge on any atom is 0.258 e. The highest BCUT2D eigenvalue weighted by Gasteiger charge is 2.32. The van der Waals surface area contributed by atoms with E-state index in [1.54, 1.807) is 24.9 Å². The molecule has 0 spiro atoms. The Kier molecular flexibility index (Phi) is 6.06. The number of hydrogen-bond acceptors (Lipinski definition) is 6. The molecule has 1 amide bonds. The monoisotopic (exact) mass is 442 g/mol.